The SMILES string of the molecule is CN([C@@H](C(=O)Nc1cccc2ccccc12)c1ccccc1)S(C)(=O)=O. The lowest BCUT2D eigenvalue weighted by Gasteiger charge is -2.26. The number of carbonyl (C=O) groups excluding carboxylic acids is 1. The minimum Gasteiger partial charge on any atom is -0.324 e. The zero-order chi connectivity index (χ0) is 18.7. The molecular weight excluding hydrogens is 348 g/mol. The molecule has 0 aliphatic carbocycles. The van der Waals surface area contributed by atoms with Gasteiger partial charge in [-0.25, -0.2) is 8.42 Å². The fraction of sp³-hybridized carbons (Fsp3) is 0.150. The molecule has 0 fully saturated rings. The summed E-state index contributed by atoms with van der Waals surface area (Å²) < 4.78 is 25.2. The Kier molecular flexibility index (Phi) is 5.06. The van der Waals surface area contributed by atoms with Gasteiger partial charge >= 0.3 is 0 Å². The fourth-order valence-corrected chi connectivity index (χ4v) is 3.49. The van der Waals surface area contributed by atoms with Crippen LogP contribution in [0.1, 0.15) is 11.6 Å². The van der Waals surface area contributed by atoms with Crippen molar-refractivity contribution in [2.45, 2.75) is 6.04 Å². The highest BCUT2D eigenvalue weighted by Crippen LogP contribution is 2.27. The van der Waals surface area contributed by atoms with Crippen LogP contribution < -0.4 is 5.32 Å². The van der Waals surface area contributed by atoms with Crippen LogP contribution in [0.15, 0.2) is 72.8 Å². The Morgan fingerprint density at radius 2 is 1.54 bits per heavy atom. The molecule has 0 aromatic heterocycles. The average molecular weight is 368 g/mol. The summed E-state index contributed by atoms with van der Waals surface area (Å²) in [6.45, 7) is 0. The van der Waals surface area contributed by atoms with Gasteiger partial charge in [-0.2, -0.15) is 4.31 Å². The van der Waals surface area contributed by atoms with Gasteiger partial charge in [-0.15, -0.1) is 0 Å². The van der Waals surface area contributed by atoms with Crippen molar-refractivity contribution in [3.63, 3.8) is 0 Å². The van der Waals surface area contributed by atoms with Crippen molar-refractivity contribution in [1.29, 1.82) is 0 Å². The number of fused-ring (bicyclic) bond motifs is 1. The smallest absolute Gasteiger partial charge is 0.247 e. The third-order valence-electron chi connectivity index (χ3n) is 4.30. The standard InChI is InChI=1S/C20H20N2O3S/c1-22(26(2,24)25)19(16-10-4-3-5-11-16)20(23)21-18-14-8-12-15-9-6-7-13-17(15)18/h3-14,19H,1-2H3,(H,21,23)/t19-/m1/s1. The number of benzene rings is 3. The maximum Gasteiger partial charge on any atom is 0.247 e. The number of likely N-dealkylation sites (N-methyl/N-ethyl adjacent to an activating group) is 1. The molecule has 0 aliphatic heterocycles. The Morgan fingerprint density at radius 3 is 2.23 bits per heavy atom. The van der Waals surface area contributed by atoms with E-state index in [4.69, 9.17) is 0 Å². The normalized spacial score (nSPS) is 12.9. The molecule has 0 saturated carbocycles. The quantitative estimate of drug-likeness (QED) is 0.750. The first-order chi connectivity index (χ1) is 12.4. The van der Waals surface area contributed by atoms with Gasteiger partial charge in [0.2, 0.25) is 15.9 Å². The Labute approximate surface area is 153 Å². The monoisotopic (exact) mass is 368 g/mol. The lowest BCUT2D eigenvalue weighted by molar-refractivity contribution is -0.119. The molecule has 5 nitrogen and oxygen atoms in total. The molecule has 3 aromatic carbocycles. The van der Waals surface area contributed by atoms with E-state index in [2.05, 4.69) is 5.32 Å². The minimum atomic E-state index is -3.56. The average Bonchev–Trinajstić information content (AvgIpc) is 2.62. The summed E-state index contributed by atoms with van der Waals surface area (Å²) in [7, 11) is -2.15. The number of hydrogen-bond donors (Lipinski definition) is 1. The van der Waals surface area contributed by atoms with Gasteiger partial charge in [0.1, 0.15) is 6.04 Å². The van der Waals surface area contributed by atoms with Crippen LogP contribution >= 0.6 is 0 Å². The van der Waals surface area contributed by atoms with Gasteiger partial charge in [-0.3, -0.25) is 4.79 Å². The molecule has 1 N–H and O–H groups in total. The molecule has 0 radical (unpaired) electrons. The third kappa shape index (κ3) is 3.76. The lowest BCUT2D eigenvalue weighted by atomic mass is 10.1. The van der Waals surface area contributed by atoms with E-state index < -0.39 is 22.0 Å². The Bertz CT molecular complexity index is 1030. The van der Waals surface area contributed by atoms with Crippen molar-refractivity contribution in [2.24, 2.45) is 0 Å². The molecule has 26 heavy (non-hydrogen) atoms. The molecule has 1 atom stereocenters. The fourth-order valence-electron chi connectivity index (χ4n) is 2.89. The first-order valence-corrected chi connectivity index (χ1v) is 9.99. The highest BCUT2D eigenvalue weighted by atomic mass is 32.2. The van der Waals surface area contributed by atoms with Gasteiger partial charge in [0.25, 0.3) is 0 Å². The number of nitrogens with one attached hydrogen (secondary N) is 1. The molecule has 3 rings (SSSR count). The maximum atomic E-state index is 13.0. The topological polar surface area (TPSA) is 66.5 Å². The molecule has 0 unspecified atom stereocenters. The van der Waals surface area contributed by atoms with E-state index in [0.717, 1.165) is 21.3 Å². The Morgan fingerprint density at radius 1 is 0.923 bits per heavy atom. The first kappa shape index (κ1) is 18.1. The summed E-state index contributed by atoms with van der Waals surface area (Å²) >= 11 is 0. The van der Waals surface area contributed by atoms with Crippen molar-refractivity contribution in [3.05, 3.63) is 78.4 Å². The van der Waals surface area contributed by atoms with E-state index >= 15 is 0 Å². The van der Waals surface area contributed by atoms with E-state index in [1.54, 1.807) is 24.3 Å². The second kappa shape index (κ2) is 7.27. The molecule has 1 amide bonds. The summed E-state index contributed by atoms with van der Waals surface area (Å²) in [5, 5.41) is 4.79. The van der Waals surface area contributed by atoms with Crippen molar-refractivity contribution < 1.29 is 13.2 Å². The van der Waals surface area contributed by atoms with Gasteiger partial charge in [0.05, 0.1) is 6.26 Å². The van der Waals surface area contributed by atoms with Gasteiger partial charge in [-0.05, 0) is 17.0 Å². The second-order valence-electron chi connectivity index (χ2n) is 6.11. The van der Waals surface area contributed by atoms with Crippen LogP contribution in [0, 0.1) is 0 Å². The van der Waals surface area contributed by atoms with Crippen molar-refractivity contribution >= 4 is 32.4 Å². The van der Waals surface area contributed by atoms with Crippen LogP contribution in [0.3, 0.4) is 0 Å². The molecule has 0 saturated heterocycles. The van der Waals surface area contributed by atoms with E-state index in [1.165, 1.54) is 7.05 Å². The first-order valence-electron chi connectivity index (χ1n) is 8.14. The number of anilines is 1. The highest BCUT2D eigenvalue weighted by molar-refractivity contribution is 7.88. The molecular formula is C20H20N2O3S. The van der Waals surface area contributed by atoms with Gasteiger partial charge in [0.15, 0.2) is 0 Å². The number of hydrogen-bond acceptors (Lipinski definition) is 3. The molecule has 6 heteroatoms. The van der Waals surface area contributed by atoms with Gasteiger partial charge < -0.3 is 5.32 Å². The van der Waals surface area contributed by atoms with Gasteiger partial charge in [-0.1, -0.05) is 66.7 Å². The maximum absolute atomic E-state index is 13.0. The van der Waals surface area contributed by atoms with E-state index in [0.29, 0.717) is 11.3 Å². The van der Waals surface area contributed by atoms with Crippen LogP contribution in [0.4, 0.5) is 5.69 Å². The number of rotatable bonds is 5. The predicted molar refractivity (Wildman–Crippen MR) is 104 cm³/mol. The highest BCUT2D eigenvalue weighted by Gasteiger charge is 2.30. The Balaban J connectivity index is 2.00. The largest absolute Gasteiger partial charge is 0.324 e. The zero-order valence-electron chi connectivity index (χ0n) is 14.6. The number of nitrogens with zero attached hydrogens (tertiary/aromatic N) is 1. The third-order valence-corrected chi connectivity index (χ3v) is 5.55. The molecule has 3 aromatic rings. The number of carbonyl (C=O) groups is 1. The predicted octanol–water partition coefficient (Wildman–Crippen LogP) is 3.41. The second-order valence-corrected chi connectivity index (χ2v) is 8.15. The molecule has 0 bridgehead atoms. The molecule has 0 aliphatic rings. The summed E-state index contributed by atoms with van der Waals surface area (Å²) in [5.74, 6) is -0.402. The van der Waals surface area contributed by atoms with Crippen molar-refractivity contribution in [3.8, 4) is 0 Å². The van der Waals surface area contributed by atoms with Crippen molar-refractivity contribution in [2.75, 3.05) is 18.6 Å². The molecule has 134 valence electrons. The van der Waals surface area contributed by atoms with Gasteiger partial charge in [0, 0.05) is 18.1 Å². The van der Waals surface area contributed by atoms with E-state index in [1.807, 2.05) is 48.5 Å². The van der Waals surface area contributed by atoms with Crippen LogP contribution in [-0.4, -0.2) is 31.9 Å². The van der Waals surface area contributed by atoms with E-state index in [9.17, 15) is 13.2 Å². The van der Waals surface area contributed by atoms with E-state index in [-0.39, 0.29) is 0 Å². The van der Waals surface area contributed by atoms with Crippen LogP contribution in [0.5, 0.6) is 0 Å². The van der Waals surface area contributed by atoms with Crippen LogP contribution in [0.2, 0.25) is 0 Å². The Hall–Kier alpha value is -2.70. The number of sulfonamides is 1. The summed E-state index contributed by atoms with van der Waals surface area (Å²) in [6, 6.07) is 21.3. The minimum absolute atomic E-state index is 0.402. The summed E-state index contributed by atoms with van der Waals surface area (Å²) in [4.78, 5) is 13.0. The lowest BCUT2D eigenvalue weighted by Crippen LogP contribution is -2.38. The van der Waals surface area contributed by atoms with Crippen LogP contribution in [-0.2, 0) is 14.8 Å². The van der Waals surface area contributed by atoms with Crippen LogP contribution in [0.25, 0.3) is 10.8 Å². The molecule has 0 spiro atoms. The zero-order valence-corrected chi connectivity index (χ0v) is 15.4. The molecule has 0 heterocycles. The summed E-state index contributed by atoms with van der Waals surface area (Å²) in [6.07, 6.45) is 1.09. The number of amides is 1. The van der Waals surface area contributed by atoms with Crippen molar-refractivity contribution in [1.82, 2.24) is 4.31 Å². The summed E-state index contributed by atoms with van der Waals surface area (Å²) in [5.41, 5.74) is 1.26.